The fourth-order valence-corrected chi connectivity index (χ4v) is 1.49. The van der Waals surface area contributed by atoms with Gasteiger partial charge in [-0.25, -0.2) is 4.79 Å². The van der Waals surface area contributed by atoms with Crippen molar-refractivity contribution in [3.05, 3.63) is 33.7 Å². The van der Waals surface area contributed by atoms with Crippen LogP contribution in [0, 0.1) is 0 Å². The molecule has 0 aliphatic carbocycles. The molecule has 1 amide bonds. The number of nitrogens with zero attached hydrogens (tertiary/aromatic N) is 2. The number of carbonyl (C=O) groups is 2. The van der Waals surface area contributed by atoms with E-state index in [4.69, 9.17) is 5.11 Å². The monoisotopic (exact) mass is 223 g/mol. The van der Waals surface area contributed by atoms with E-state index < -0.39 is 17.3 Å². The van der Waals surface area contributed by atoms with Gasteiger partial charge in [-0.2, -0.15) is 0 Å². The molecule has 16 heavy (non-hydrogen) atoms. The van der Waals surface area contributed by atoms with Crippen LogP contribution in [-0.2, 0) is 0 Å². The minimum atomic E-state index is -1.31. The molecule has 1 aliphatic rings. The van der Waals surface area contributed by atoms with E-state index in [2.05, 4.69) is 5.32 Å². The molecule has 2 rings (SSSR count). The van der Waals surface area contributed by atoms with Crippen molar-refractivity contribution in [1.29, 1.82) is 0 Å². The van der Waals surface area contributed by atoms with E-state index in [1.54, 1.807) is 12.1 Å². The zero-order valence-corrected chi connectivity index (χ0v) is 8.43. The van der Waals surface area contributed by atoms with Gasteiger partial charge in [0.25, 0.3) is 5.91 Å². The van der Waals surface area contributed by atoms with Gasteiger partial charge in [0.05, 0.1) is 0 Å². The highest BCUT2D eigenvalue weighted by atomic mass is 16.4. The number of nitrogens with one attached hydrogen (secondary N) is 1. The van der Waals surface area contributed by atoms with Crippen LogP contribution in [0.25, 0.3) is 0 Å². The predicted molar refractivity (Wildman–Crippen MR) is 54.1 cm³/mol. The van der Waals surface area contributed by atoms with Gasteiger partial charge in [-0.05, 0) is 0 Å². The summed E-state index contributed by atoms with van der Waals surface area (Å²) in [5, 5.41) is 12.9. The number of rotatable bonds is 1. The largest absolute Gasteiger partial charge is 0.477 e. The SMILES string of the molecule is CN1CNC(=O)c2cc(=O)c(C(=O)O)cn21. The van der Waals surface area contributed by atoms with Crippen molar-refractivity contribution in [2.75, 3.05) is 18.7 Å². The third-order valence-corrected chi connectivity index (χ3v) is 2.33. The Morgan fingerprint density at radius 2 is 2.19 bits per heavy atom. The Bertz CT molecular complexity index is 534. The molecule has 1 aromatic heterocycles. The summed E-state index contributed by atoms with van der Waals surface area (Å²) in [6.45, 7) is 0.258. The topological polar surface area (TPSA) is 91.6 Å². The van der Waals surface area contributed by atoms with Crippen LogP contribution in [0.4, 0.5) is 0 Å². The lowest BCUT2D eigenvalue weighted by atomic mass is 10.2. The van der Waals surface area contributed by atoms with E-state index >= 15 is 0 Å². The van der Waals surface area contributed by atoms with E-state index in [0.717, 1.165) is 12.3 Å². The van der Waals surface area contributed by atoms with Crippen molar-refractivity contribution in [2.24, 2.45) is 0 Å². The van der Waals surface area contributed by atoms with Gasteiger partial charge in [0.15, 0.2) is 5.43 Å². The molecule has 1 aliphatic heterocycles. The third-order valence-electron chi connectivity index (χ3n) is 2.33. The van der Waals surface area contributed by atoms with Crippen molar-refractivity contribution in [3.8, 4) is 0 Å². The van der Waals surface area contributed by atoms with Crippen molar-refractivity contribution in [3.63, 3.8) is 0 Å². The van der Waals surface area contributed by atoms with Crippen molar-refractivity contribution >= 4 is 11.9 Å². The van der Waals surface area contributed by atoms with Gasteiger partial charge in [0, 0.05) is 19.3 Å². The maximum absolute atomic E-state index is 11.4. The molecule has 2 N–H and O–H groups in total. The first-order valence-electron chi connectivity index (χ1n) is 4.50. The molecule has 84 valence electrons. The fraction of sp³-hybridized carbons (Fsp3) is 0.222. The summed E-state index contributed by atoms with van der Waals surface area (Å²) in [6.07, 6.45) is 1.15. The van der Waals surface area contributed by atoms with Crippen LogP contribution >= 0.6 is 0 Å². The van der Waals surface area contributed by atoms with Gasteiger partial charge in [-0.15, -0.1) is 0 Å². The smallest absolute Gasteiger partial charge is 0.341 e. The van der Waals surface area contributed by atoms with Crippen LogP contribution in [0.1, 0.15) is 20.8 Å². The minimum absolute atomic E-state index is 0.128. The first kappa shape index (κ1) is 10.2. The number of aromatic carboxylic acids is 1. The Kier molecular flexibility index (Phi) is 2.15. The van der Waals surface area contributed by atoms with Crippen molar-refractivity contribution < 1.29 is 14.7 Å². The quantitative estimate of drug-likeness (QED) is 0.625. The van der Waals surface area contributed by atoms with Gasteiger partial charge in [0.2, 0.25) is 0 Å². The van der Waals surface area contributed by atoms with Crippen LogP contribution in [-0.4, -0.2) is 35.4 Å². The highest BCUT2D eigenvalue weighted by Crippen LogP contribution is 2.05. The zero-order chi connectivity index (χ0) is 11.9. The summed E-state index contributed by atoms with van der Waals surface area (Å²) >= 11 is 0. The molecule has 0 bridgehead atoms. The lowest BCUT2D eigenvalue weighted by molar-refractivity contribution is 0.0693. The molecule has 0 spiro atoms. The molecule has 0 saturated carbocycles. The summed E-state index contributed by atoms with van der Waals surface area (Å²) in [4.78, 5) is 33.6. The van der Waals surface area contributed by atoms with E-state index in [9.17, 15) is 14.4 Å². The Morgan fingerprint density at radius 1 is 1.50 bits per heavy atom. The molecule has 0 saturated heterocycles. The lowest BCUT2D eigenvalue weighted by Crippen LogP contribution is -2.50. The maximum atomic E-state index is 11.4. The summed E-state index contributed by atoms with van der Waals surface area (Å²) in [5.41, 5.74) is -0.904. The molecule has 2 heterocycles. The number of carboxylic acids is 1. The highest BCUT2D eigenvalue weighted by molar-refractivity contribution is 5.94. The van der Waals surface area contributed by atoms with E-state index in [-0.39, 0.29) is 17.9 Å². The summed E-state index contributed by atoms with van der Waals surface area (Å²) in [7, 11) is 1.67. The van der Waals surface area contributed by atoms with Crippen LogP contribution in [0.15, 0.2) is 17.1 Å². The molecule has 0 radical (unpaired) electrons. The van der Waals surface area contributed by atoms with Gasteiger partial charge >= 0.3 is 5.97 Å². The Balaban J connectivity index is 2.68. The number of amides is 1. The number of carboxylic acid groups (broad SMARTS) is 1. The predicted octanol–water partition coefficient (Wildman–Crippen LogP) is -1.18. The Morgan fingerprint density at radius 3 is 2.81 bits per heavy atom. The number of fused-ring (bicyclic) bond motifs is 1. The first-order valence-corrected chi connectivity index (χ1v) is 4.50. The van der Waals surface area contributed by atoms with Crippen LogP contribution in [0.5, 0.6) is 0 Å². The number of aromatic nitrogens is 1. The van der Waals surface area contributed by atoms with Gasteiger partial charge < -0.3 is 10.4 Å². The maximum Gasteiger partial charge on any atom is 0.341 e. The van der Waals surface area contributed by atoms with Crippen LogP contribution in [0.3, 0.4) is 0 Å². The Hall–Kier alpha value is -2.31. The minimum Gasteiger partial charge on any atom is -0.477 e. The van der Waals surface area contributed by atoms with Crippen molar-refractivity contribution in [2.45, 2.75) is 0 Å². The molecule has 1 aromatic rings. The second-order valence-electron chi connectivity index (χ2n) is 3.41. The molecular formula is C9H9N3O4. The zero-order valence-electron chi connectivity index (χ0n) is 8.43. The number of carbonyl (C=O) groups excluding carboxylic acids is 1. The van der Waals surface area contributed by atoms with Gasteiger partial charge in [-0.3, -0.25) is 19.3 Å². The number of pyridine rings is 1. The molecule has 0 aromatic carbocycles. The molecule has 0 unspecified atom stereocenters. The van der Waals surface area contributed by atoms with E-state index in [1.165, 1.54) is 4.68 Å². The Labute approximate surface area is 89.9 Å². The van der Waals surface area contributed by atoms with Gasteiger partial charge in [-0.1, -0.05) is 0 Å². The molecule has 0 atom stereocenters. The standard InChI is InChI=1S/C9H9N3O4/c1-11-4-10-8(14)6-2-7(13)5(9(15)16)3-12(6)11/h2-3H,4H2,1H3,(H,10,14)(H,15,16). The van der Waals surface area contributed by atoms with E-state index in [1.807, 2.05) is 0 Å². The van der Waals surface area contributed by atoms with Crippen molar-refractivity contribution in [1.82, 2.24) is 9.99 Å². The second-order valence-corrected chi connectivity index (χ2v) is 3.41. The van der Waals surface area contributed by atoms with Crippen LogP contribution < -0.4 is 15.8 Å². The average molecular weight is 223 g/mol. The summed E-state index contributed by atoms with van der Waals surface area (Å²) in [5.74, 6) is -1.70. The molecular weight excluding hydrogens is 214 g/mol. The van der Waals surface area contributed by atoms with Crippen LogP contribution in [0.2, 0.25) is 0 Å². The molecule has 7 heteroatoms. The second kappa shape index (κ2) is 3.37. The summed E-state index contributed by atoms with van der Waals surface area (Å²) < 4.78 is 1.35. The molecule has 7 nitrogen and oxygen atoms in total. The third kappa shape index (κ3) is 1.42. The normalized spacial score (nSPS) is 14.3. The highest BCUT2D eigenvalue weighted by Gasteiger charge is 2.22. The number of hydrogen-bond donors (Lipinski definition) is 2. The number of hydrogen-bond acceptors (Lipinski definition) is 4. The van der Waals surface area contributed by atoms with Gasteiger partial charge in [0.1, 0.15) is 17.9 Å². The first-order chi connectivity index (χ1) is 7.50. The fourth-order valence-electron chi connectivity index (χ4n) is 1.49. The van der Waals surface area contributed by atoms with E-state index in [0.29, 0.717) is 0 Å². The molecule has 0 fully saturated rings. The summed E-state index contributed by atoms with van der Waals surface area (Å²) in [6, 6.07) is 1.02. The lowest BCUT2D eigenvalue weighted by Gasteiger charge is -2.30. The average Bonchev–Trinajstić information content (AvgIpc) is 2.23.